The van der Waals surface area contributed by atoms with Crippen LogP contribution >= 0.6 is 0 Å². The molecule has 80 valence electrons. The summed E-state index contributed by atoms with van der Waals surface area (Å²) in [6.07, 6.45) is -3.73. The maximum atomic E-state index is 12.0. The number of piperidine rings is 1. The highest BCUT2D eigenvalue weighted by Gasteiger charge is 2.37. The smallest absolute Gasteiger partial charge is 0.315 e. The van der Waals surface area contributed by atoms with Crippen LogP contribution in [-0.2, 0) is 0 Å². The second-order valence-electron chi connectivity index (χ2n) is 3.79. The molecule has 1 aliphatic heterocycles. The number of rotatable bonds is 2. The fraction of sp³-hybridized carbons (Fsp3) is 0.889. The van der Waals surface area contributed by atoms with Crippen molar-refractivity contribution < 1.29 is 13.2 Å². The maximum absolute atomic E-state index is 12.0. The molecule has 1 heterocycles. The second-order valence-corrected chi connectivity index (χ2v) is 3.79. The summed E-state index contributed by atoms with van der Waals surface area (Å²) in [6.45, 7) is 1.19. The quantitative estimate of drug-likeness (QED) is 0.752. The number of hydrogen-bond acceptors (Lipinski definition) is 2. The Bertz CT molecular complexity index is 223. The highest BCUT2D eigenvalue weighted by atomic mass is 19.4. The zero-order chi connectivity index (χ0) is 10.7. The zero-order valence-electron chi connectivity index (χ0n) is 7.82. The van der Waals surface area contributed by atoms with Crippen LogP contribution in [0.2, 0.25) is 0 Å². The molecule has 2 nitrogen and oxygen atoms in total. The Kier molecular flexibility index (Phi) is 3.38. The van der Waals surface area contributed by atoms with E-state index in [1.807, 2.05) is 6.07 Å². The van der Waals surface area contributed by atoms with E-state index < -0.39 is 18.0 Å². The van der Waals surface area contributed by atoms with Crippen LogP contribution in [0, 0.1) is 16.7 Å². The van der Waals surface area contributed by atoms with E-state index in [0.29, 0.717) is 13.0 Å². The van der Waals surface area contributed by atoms with Crippen LogP contribution in [0.1, 0.15) is 25.7 Å². The lowest BCUT2D eigenvalue weighted by atomic mass is 9.78. The molecule has 1 unspecified atom stereocenters. The Balaban J connectivity index is 2.50. The molecular formula is C9H13F3N2. The van der Waals surface area contributed by atoms with Gasteiger partial charge in [0.05, 0.1) is 11.5 Å². The van der Waals surface area contributed by atoms with Gasteiger partial charge >= 0.3 is 6.18 Å². The molecule has 0 radical (unpaired) electrons. The minimum atomic E-state index is -4.15. The number of halogens is 3. The van der Waals surface area contributed by atoms with E-state index in [1.165, 1.54) is 0 Å². The van der Waals surface area contributed by atoms with Crippen LogP contribution in [0.15, 0.2) is 0 Å². The Morgan fingerprint density at radius 3 is 2.57 bits per heavy atom. The second kappa shape index (κ2) is 4.18. The van der Waals surface area contributed by atoms with E-state index in [2.05, 4.69) is 5.32 Å². The lowest BCUT2D eigenvalue weighted by Crippen LogP contribution is -2.39. The van der Waals surface area contributed by atoms with Crippen molar-refractivity contribution in [3.05, 3.63) is 0 Å². The van der Waals surface area contributed by atoms with Crippen molar-refractivity contribution in [3.8, 4) is 6.07 Å². The normalized spacial score (nSPS) is 28.4. The van der Waals surface area contributed by atoms with E-state index in [1.54, 1.807) is 0 Å². The first-order valence-corrected chi connectivity index (χ1v) is 4.66. The lowest BCUT2D eigenvalue weighted by molar-refractivity contribution is -0.139. The van der Waals surface area contributed by atoms with Crippen molar-refractivity contribution in [2.75, 3.05) is 13.1 Å². The molecule has 1 atom stereocenters. The molecule has 0 aromatic carbocycles. The van der Waals surface area contributed by atoms with Crippen LogP contribution in [0.25, 0.3) is 0 Å². The van der Waals surface area contributed by atoms with Crippen molar-refractivity contribution in [3.63, 3.8) is 0 Å². The van der Waals surface area contributed by atoms with Gasteiger partial charge in [0.15, 0.2) is 0 Å². The monoisotopic (exact) mass is 206 g/mol. The summed E-state index contributed by atoms with van der Waals surface area (Å²) < 4.78 is 36.0. The van der Waals surface area contributed by atoms with Gasteiger partial charge in [0.2, 0.25) is 0 Å². The lowest BCUT2D eigenvalue weighted by Gasteiger charge is -2.31. The summed E-state index contributed by atoms with van der Waals surface area (Å²) in [6, 6.07) is 2.03. The first-order chi connectivity index (χ1) is 6.47. The van der Waals surface area contributed by atoms with Gasteiger partial charge in [0.1, 0.15) is 0 Å². The van der Waals surface area contributed by atoms with Gasteiger partial charge in [-0.25, -0.2) is 0 Å². The SMILES string of the molecule is N#CC1(CCC(F)(F)F)CCCNC1. The molecule has 1 rings (SSSR count). The van der Waals surface area contributed by atoms with E-state index >= 15 is 0 Å². The third-order valence-electron chi connectivity index (χ3n) is 2.60. The Labute approximate surface area is 81.1 Å². The fourth-order valence-electron chi connectivity index (χ4n) is 1.71. The predicted octanol–water partition coefficient (Wildman–Crippen LogP) is 2.22. The molecule has 0 bridgehead atoms. The number of nitrogens with one attached hydrogen (secondary N) is 1. The Morgan fingerprint density at radius 1 is 1.43 bits per heavy atom. The molecular weight excluding hydrogens is 193 g/mol. The summed E-state index contributed by atoms with van der Waals surface area (Å²) in [7, 11) is 0. The molecule has 0 aliphatic carbocycles. The number of hydrogen-bond donors (Lipinski definition) is 1. The summed E-state index contributed by atoms with van der Waals surface area (Å²) in [5.74, 6) is 0. The van der Waals surface area contributed by atoms with Gasteiger partial charge in [-0.05, 0) is 25.8 Å². The predicted molar refractivity (Wildman–Crippen MR) is 45.4 cm³/mol. The number of alkyl halides is 3. The highest BCUT2D eigenvalue weighted by molar-refractivity contribution is 5.02. The number of nitriles is 1. The minimum Gasteiger partial charge on any atom is -0.315 e. The maximum Gasteiger partial charge on any atom is 0.389 e. The third-order valence-corrected chi connectivity index (χ3v) is 2.60. The standard InChI is InChI=1S/C9H13F3N2/c10-9(11,12)4-3-8(6-13)2-1-5-14-7-8/h14H,1-5,7H2. The average molecular weight is 206 g/mol. The molecule has 1 fully saturated rings. The van der Waals surface area contributed by atoms with Crippen molar-refractivity contribution in [1.29, 1.82) is 5.26 Å². The first kappa shape index (κ1) is 11.3. The summed E-state index contributed by atoms with van der Waals surface area (Å²) in [5, 5.41) is 11.9. The van der Waals surface area contributed by atoms with Gasteiger partial charge in [-0.2, -0.15) is 18.4 Å². The van der Waals surface area contributed by atoms with Crippen molar-refractivity contribution in [2.24, 2.45) is 5.41 Å². The fourth-order valence-corrected chi connectivity index (χ4v) is 1.71. The molecule has 1 aliphatic rings. The van der Waals surface area contributed by atoms with Crippen LogP contribution in [0.3, 0.4) is 0 Å². The van der Waals surface area contributed by atoms with Gasteiger partial charge in [0.25, 0.3) is 0 Å². The molecule has 0 saturated carbocycles. The molecule has 0 aromatic rings. The average Bonchev–Trinajstić information content (AvgIpc) is 2.15. The Hall–Kier alpha value is -0.760. The molecule has 1 N–H and O–H groups in total. The summed E-state index contributed by atoms with van der Waals surface area (Å²) >= 11 is 0. The molecule has 0 spiro atoms. The van der Waals surface area contributed by atoms with Crippen molar-refractivity contribution in [1.82, 2.24) is 5.32 Å². The molecule has 14 heavy (non-hydrogen) atoms. The van der Waals surface area contributed by atoms with Crippen LogP contribution in [0.5, 0.6) is 0 Å². The number of nitrogens with zero attached hydrogens (tertiary/aromatic N) is 1. The van der Waals surface area contributed by atoms with Gasteiger partial charge < -0.3 is 5.32 Å². The largest absolute Gasteiger partial charge is 0.389 e. The first-order valence-electron chi connectivity index (χ1n) is 4.66. The van der Waals surface area contributed by atoms with Gasteiger partial charge in [-0.3, -0.25) is 0 Å². The van der Waals surface area contributed by atoms with Gasteiger partial charge in [-0.15, -0.1) is 0 Å². The summed E-state index contributed by atoms with van der Waals surface area (Å²) in [5.41, 5.74) is -0.798. The molecule has 0 aromatic heterocycles. The minimum absolute atomic E-state index is 0.0833. The Morgan fingerprint density at radius 2 is 2.14 bits per heavy atom. The third kappa shape index (κ3) is 3.18. The van der Waals surface area contributed by atoms with Crippen molar-refractivity contribution >= 4 is 0 Å². The van der Waals surface area contributed by atoms with E-state index in [9.17, 15) is 13.2 Å². The zero-order valence-corrected chi connectivity index (χ0v) is 7.82. The highest BCUT2D eigenvalue weighted by Crippen LogP contribution is 2.35. The van der Waals surface area contributed by atoms with E-state index in [4.69, 9.17) is 5.26 Å². The topological polar surface area (TPSA) is 35.8 Å². The van der Waals surface area contributed by atoms with Gasteiger partial charge in [0, 0.05) is 13.0 Å². The van der Waals surface area contributed by atoms with Gasteiger partial charge in [-0.1, -0.05) is 0 Å². The molecule has 5 heteroatoms. The van der Waals surface area contributed by atoms with Crippen molar-refractivity contribution in [2.45, 2.75) is 31.9 Å². The van der Waals surface area contributed by atoms with E-state index in [0.717, 1.165) is 13.0 Å². The molecule has 1 saturated heterocycles. The van der Waals surface area contributed by atoms with E-state index in [-0.39, 0.29) is 6.42 Å². The van der Waals surface area contributed by atoms with Crippen LogP contribution < -0.4 is 5.32 Å². The van der Waals surface area contributed by atoms with Crippen LogP contribution in [-0.4, -0.2) is 19.3 Å². The van der Waals surface area contributed by atoms with Crippen LogP contribution in [0.4, 0.5) is 13.2 Å². The summed E-state index contributed by atoms with van der Waals surface area (Å²) in [4.78, 5) is 0. The molecule has 0 amide bonds.